The van der Waals surface area contributed by atoms with E-state index in [2.05, 4.69) is 5.10 Å². The minimum Gasteiger partial charge on any atom is -0.292 e. The number of Topliss-reactive ketones (excluding diaryl/α,β-unsaturated/α-hetero) is 1. The van der Waals surface area contributed by atoms with Gasteiger partial charge in [-0.15, -0.1) is 0 Å². The highest BCUT2D eigenvalue weighted by atomic mass is 32.2. The van der Waals surface area contributed by atoms with Gasteiger partial charge in [0.1, 0.15) is 15.5 Å². The Morgan fingerprint density at radius 1 is 1.44 bits per heavy atom. The van der Waals surface area contributed by atoms with Crippen molar-refractivity contribution in [2.45, 2.75) is 30.9 Å². The lowest BCUT2D eigenvalue weighted by Crippen LogP contribution is -2.31. The van der Waals surface area contributed by atoms with Gasteiger partial charge in [-0.1, -0.05) is 6.42 Å². The van der Waals surface area contributed by atoms with E-state index >= 15 is 0 Å². The van der Waals surface area contributed by atoms with Gasteiger partial charge in [-0.2, -0.15) is 5.10 Å². The molecule has 0 bridgehead atoms. The van der Waals surface area contributed by atoms with Crippen molar-refractivity contribution >= 4 is 15.6 Å². The number of carbonyl (C=O) groups excluding carboxylic acids is 1. The average Bonchev–Trinajstić information content (AvgIpc) is 2.74. The molecule has 2 rings (SSSR count). The Bertz CT molecular complexity index is 547. The molecular weight excluding hydrogens is 252 g/mol. The van der Waals surface area contributed by atoms with Crippen LogP contribution in [-0.4, -0.2) is 35.5 Å². The number of carbonyl (C=O) groups is 1. The molecule has 5 nitrogen and oxygen atoms in total. The molecule has 0 aliphatic heterocycles. The summed E-state index contributed by atoms with van der Waals surface area (Å²) in [7, 11) is -1.29. The van der Waals surface area contributed by atoms with Gasteiger partial charge < -0.3 is 0 Å². The summed E-state index contributed by atoms with van der Waals surface area (Å²) in [5.74, 6) is -0.225. The highest BCUT2D eigenvalue weighted by Crippen LogP contribution is 2.30. The normalized spacial score (nSPS) is 25.0. The molecule has 2 atom stereocenters. The third kappa shape index (κ3) is 2.80. The minimum absolute atomic E-state index is 0.0241. The summed E-state index contributed by atoms with van der Waals surface area (Å²) in [6, 6.07) is 1.69. The van der Waals surface area contributed by atoms with E-state index in [0.29, 0.717) is 18.5 Å². The summed E-state index contributed by atoms with van der Waals surface area (Å²) >= 11 is 0. The molecule has 18 heavy (non-hydrogen) atoms. The van der Waals surface area contributed by atoms with Crippen LogP contribution >= 0.6 is 0 Å². The summed E-state index contributed by atoms with van der Waals surface area (Å²) in [6.45, 7) is 0. The molecule has 0 amide bonds. The van der Waals surface area contributed by atoms with Crippen LogP contribution in [0.2, 0.25) is 0 Å². The zero-order valence-corrected chi connectivity index (χ0v) is 11.5. The van der Waals surface area contributed by atoms with E-state index < -0.39 is 9.84 Å². The van der Waals surface area contributed by atoms with Crippen LogP contribution in [0.4, 0.5) is 0 Å². The third-order valence-electron chi connectivity index (χ3n) is 3.57. The van der Waals surface area contributed by atoms with Crippen LogP contribution in [0.3, 0.4) is 0 Å². The molecule has 1 saturated carbocycles. The first-order chi connectivity index (χ1) is 8.38. The number of hydrogen-bond donors (Lipinski definition) is 0. The predicted octanol–water partition coefficient (Wildman–Crippen LogP) is 1.21. The van der Waals surface area contributed by atoms with Crippen LogP contribution in [0, 0.1) is 5.92 Å². The molecule has 0 radical (unpaired) electrons. The van der Waals surface area contributed by atoms with Crippen molar-refractivity contribution in [3.63, 3.8) is 0 Å². The SMILES string of the molecule is Cn1ccc(C(=O)C2CCCC(S(C)(=O)=O)C2)n1. The van der Waals surface area contributed by atoms with Crippen LogP contribution in [-0.2, 0) is 16.9 Å². The second kappa shape index (κ2) is 4.84. The van der Waals surface area contributed by atoms with Gasteiger partial charge in [0.05, 0.1) is 5.25 Å². The Labute approximate surface area is 107 Å². The zero-order valence-electron chi connectivity index (χ0n) is 10.7. The molecule has 0 N–H and O–H groups in total. The maximum atomic E-state index is 12.2. The summed E-state index contributed by atoms with van der Waals surface area (Å²) in [5, 5.41) is 3.72. The van der Waals surface area contributed by atoms with E-state index in [1.165, 1.54) is 6.26 Å². The van der Waals surface area contributed by atoms with Gasteiger partial charge >= 0.3 is 0 Å². The number of rotatable bonds is 3. The molecule has 6 heteroatoms. The summed E-state index contributed by atoms with van der Waals surface area (Å²) < 4.78 is 24.7. The van der Waals surface area contributed by atoms with E-state index in [-0.39, 0.29) is 17.0 Å². The Balaban J connectivity index is 2.12. The average molecular weight is 270 g/mol. The van der Waals surface area contributed by atoms with Gasteiger partial charge in [0.25, 0.3) is 0 Å². The van der Waals surface area contributed by atoms with Crippen molar-refractivity contribution in [3.05, 3.63) is 18.0 Å². The first-order valence-corrected chi connectivity index (χ1v) is 8.06. The molecule has 0 aromatic carbocycles. The van der Waals surface area contributed by atoms with Crippen molar-refractivity contribution in [3.8, 4) is 0 Å². The second-order valence-electron chi connectivity index (χ2n) is 5.05. The fraction of sp³-hybridized carbons (Fsp3) is 0.667. The predicted molar refractivity (Wildman–Crippen MR) is 68.1 cm³/mol. The highest BCUT2D eigenvalue weighted by molar-refractivity contribution is 7.91. The standard InChI is InChI=1S/C12H18N2O3S/c1-14-7-6-11(13-14)12(15)9-4-3-5-10(8-9)18(2,16)17/h6-7,9-10H,3-5,8H2,1-2H3. The fourth-order valence-corrected chi connectivity index (χ4v) is 3.70. The van der Waals surface area contributed by atoms with Gasteiger partial charge in [-0.05, 0) is 25.3 Å². The van der Waals surface area contributed by atoms with Crippen LogP contribution in [0.15, 0.2) is 12.3 Å². The van der Waals surface area contributed by atoms with E-state index in [1.54, 1.807) is 24.0 Å². The van der Waals surface area contributed by atoms with E-state index in [0.717, 1.165) is 12.8 Å². The molecule has 100 valence electrons. The Morgan fingerprint density at radius 2 is 2.17 bits per heavy atom. The first kappa shape index (κ1) is 13.3. The summed E-state index contributed by atoms with van der Waals surface area (Å²) in [6.07, 6.45) is 5.65. The fourth-order valence-electron chi connectivity index (χ4n) is 2.53. The van der Waals surface area contributed by atoms with Crippen LogP contribution in [0.5, 0.6) is 0 Å². The Kier molecular flexibility index (Phi) is 3.56. The van der Waals surface area contributed by atoms with E-state index in [9.17, 15) is 13.2 Å². The lowest BCUT2D eigenvalue weighted by molar-refractivity contribution is 0.0885. The monoisotopic (exact) mass is 270 g/mol. The molecule has 2 unspecified atom stereocenters. The molecule has 1 heterocycles. The maximum Gasteiger partial charge on any atom is 0.186 e. The maximum absolute atomic E-state index is 12.2. The molecular formula is C12H18N2O3S. The highest BCUT2D eigenvalue weighted by Gasteiger charge is 2.33. The van der Waals surface area contributed by atoms with E-state index in [1.807, 2.05) is 0 Å². The van der Waals surface area contributed by atoms with Crippen molar-refractivity contribution < 1.29 is 13.2 Å². The Morgan fingerprint density at radius 3 is 2.72 bits per heavy atom. The van der Waals surface area contributed by atoms with Crippen LogP contribution in [0.25, 0.3) is 0 Å². The lowest BCUT2D eigenvalue weighted by atomic mass is 9.85. The number of sulfone groups is 1. The van der Waals surface area contributed by atoms with E-state index in [4.69, 9.17) is 0 Å². The van der Waals surface area contributed by atoms with Crippen LogP contribution < -0.4 is 0 Å². The number of ketones is 1. The lowest BCUT2D eigenvalue weighted by Gasteiger charge is -2.26. The van der Waals surface area contributed by atoms with Crippen molar-refractivity contribution in [1.82, 2.24) is 9.78 Å². The topological polar surface area (TPSA) is 69.0 Å². The number of nitrogens with zero attached hydrogens (tertiary/aromatic N) is 2. The number of aromatic nitrogens is 2. The quantitative estimate of drug-likeness (QED) is 0.774. The molecule has 0 spiro atoms. The van der Waals surface area contributed by atoms with Gasteiger partial charge in [0.2, 0.25) is 0 Å². The molecule has 1 fully saturated rings. The molecule has 1 aromatic rings. The molecule has 1 aliphatic rings. The molecule has 0 saturated heterocycles. The van der Waals surface area contributed by atoms with Crippen molar-refractivity contribution in [2.75, 3.05) is 6.26 Å². The molecule has 1 aromatic heterocycles. The Hall–Kier alpha value is -1.17. The number of aryl methyl sites for hydroxylation is 1. The third-order valence-corrected chi connectivity index (χ3v) is 5.21. The minimum atomic E-state index is -3.05. The van der Waals surface area contributed by atoms with Crippen molar-refractivity contribution in [2.24, 2.45) is 13.0 Å². The van der Waals surface area contributed by atoms with Crippen molar-refractivity contribution in [1.29, 1.82) is 0 Å². The second-order valence-corrected chi connectivity index (χ2v) is 7.38. The first-order valence-electron chi connectivity index (χ1n) is 6.10. The largest absolute Gasteiger partial charge is 0.292 e. The smallest absolute Gasteiger partial charge is 0.186 e. The zero-order chi connectivity index (χ0) is 13.3. The van der Waals surface area contributed by atoms with Gasteiger partial charge in [0, 0.05) is 25.4 Å². The summed E-state index contributed by atoms with van der Waals surface area (Å²) in [5.41, 5.74) is 0.441. The van der Waals surface area contributed by atoms with Gasteiger partial charge in [-0.3, -0.25) is 9.48 Å². The van der Waals surface area contributed by atoms with Crippen LogP contribution in [0.1, 0.15) is 36.2 Å². The van der Waals surface area contributed by atoms with Gasteiger partial charge in [-0.25, -0.2) is 8.42 Å². The number of hydrogen-bond acceptors (Lipinski definition) is 4. The molecule has 1 aliphatic carbocycles. The van der Waals surface area contributed by atoms with Gasteiger partial charge in [0.15, 0.2) is 5.78 Å². The summed E-state index contributed by atoms with van der Waals surface area (Å²) in [4.78, 5) is 12.2.